The van der Waals surface area contributed by atoms with Crippen molar-refractivity contribution in [1.29, 1.82) is 0 Å². The van der Waals surface area contributed by atoms with Gasteiger partial charge in [0, 0.05) is 12.8 Å². The Bertz CT molecular complexity index is 550. The predicted octanol–water partition coefficient (Wildman–Crippen LogP) is 3.20. The zero-order valence-corrected chi connectivity index (χ0v) is 20.8. The number of unbranched alkanes of at least 4 members (excludes halogenated alkanes) is 5. The van der Waals surface area contributed by atoms with Gasteiger partial charge in [-0.1, -0.05) is 46.0 Å². The predicted molar refractivity (Wildman–Crippen MR) is 116 cm³/mol. The van der Waals surface area contributed by atoms with Gasteiger partial charge >= 0.3 is 11.9 Å². The number of nitrogens with zero attached hydrogens (tertiary/aromatic N) is 1. The van der Waals surface area contributed by atoms with Gasteiger partial charge in [-0.15, -0.1) is 0 Å². The standard InChI is InChI=1S/C21H42NO8P/c1-6-8-10-11-12-14-21(24)30-19(17-27-20(23)13-9-7-2)18-29-31(25,26)28-16-15-22(3,4)5/h19H,6-18H2,1-5H3. The van der Waals surface area contributed by atoms with Gasteiger partial charge in [0.1, 0.15) is 19.8 Å². The molecule has 0 amide bonds. The largest absolute Gasteiger partial charge is 0.756 e. The maximum atomic E-state index is 12.1. The number of hydrogen-bond acceptors (Lipinski definition) is 8. The summed E-state index contributed by atoms with van der Waals surface area (Å²) in [6.45, 7) is 3.79. The van der Waals surface area contributed by atoms with Gasteiger partial charge in [-0.3, -0.25) is 14.2 Å². The van der Waals surface area contributed by atoms with Crippen molar-refractivity contribution in [2.75, 3.05) is 47.5 Å². The minimum atomic E-state index is -4.57. The van der Waals surface area contributed by atoms with E-state index in [9.17, 15) is 19.0 Å². The summed E-state index contributed by atoms with van der Waals surface area (Å²) in [7, 11) is 1.16. The molecule has 2 atom stereocenters. The summed E-state index contributed by atoms with van der Waals surface area (Å²) >= 11 is 0. The van der Waals surface area contributed by atoms with Crippen molar-refractivity contribution in [3.05, 3.63) is 0 Å². The summed E-state index contributed by atoms with van der Waals surface area (Å²) in [6, 6.07) is 0. The van der Waals surface area contributed by atoms with Gasteiger partial charge in [-0.05, 0) is 12.8 Å². The van der Waals surface area contributed by atoms with E-state index in [-0.39, 0.29) is 26.1 Å². The lowest BCUT2D eigenvalue weighted by atomic mass is 10.1. The quantitative estimate of drug-likeness (QED) is 0.123. The Hall–Kier alpha value is -0.990. The second kappa shape index (κ2) is 16.6. The lowest BCUT2D eigenvalue weighted by molar-refractivity contribution is -0.870. The van der Waals surface area contributed by atoms with Crippen LogP contribution in [0.3, 0.4) is 0 Å². The van der Waals surface area contributed by atoms with Crippen LogP contribution in [0.2, 0.25) is 0 Å². The van der Waals surface area contributed by atoms with E-state index in [1.165, 1.54) is 0 Å². The third kappa shape index (κ3) is 19.4. The van der Waals surface area contributed by atoms with Gasteiger partial charge in [0.25, 0.3) is 7.82 Å². The Labute approximate surface area is 187 Å². The molecule has 0 aliphatic heterocycles. The molecular weight excluding hydrogens is 425 g/mol. The fourth-order valence-corrected chi connectivity index (χ4v) is 3.18. The fraction of sp³-hybridized carbons (Fsp3) is 0.905. The fourth-order valence-electron chi connectivity index (χ4n) is 2.45. The molecule has 0 radical (unpaired) electrons. The number of ether oxygens (including phenoxy) is 2. The number of phosphoric ester groups is 1. The van der Waals surface area contributed by atoms with Crippen molar-refractivity contribution < 1.29 is 42.1 Å². The van der Waals surface area contributed by atoms with Crippen LogP contribution in [0.5, 0.6) is 0 Å². The van der Waals surface area contributed by atoms with Crippen LogP contribution in [0, 0.1) is 0 Å². The molecule has 0 fully saturated rings. The van der Waals surface area contributed by atoms with E-state index in [1.807, 2.05) is 28.1 Å². The third-order valence-corrected chi connectivity index (χ3v) is 5.34. The zero-order chi connectivity index (χ0) is 23.8. The van der Waals surface area contributed by atoms with Gasteiger partial charge in [0.05, 0.1) is 27.7 Å². The first-order chi connectivity index (χ1) is 14.5. The van der Waals surface area contributed by atoms with Crippen LogP contribution in [0.25, 0.3) is 0 Å². The highest BCUT2D eigenvalue weighted by Gasteiger charge is 2.21. The Morgan fingerprint density at radius 1 is 0.871 bits per heavy atom. The molecule has 0 aromatic rings. The van der Waals surface area contributed by atoms with E-state index >= 15 is 0 Å². The Kier molecular flexibility index (Phi) is 16.1. The molecule has 31 heavy (non-hydrogen) atoms. The van der Waals surface area contributed by atoms with E-state index in [0.717, 1.165) is 32.1 Å². The molecule has 0 rings (SSSR count). The maximum Gasteiger partial charge on any atom is 0.306 e. The van der Waals surface area contributed by atoms with Gasteiger partial charge < -0.3 is 27.9 Å². The second-order valence-electron chi connectivity index (χ2n) is 8.65. The molecule has 0 spiro atoms. The Morgan fingerprint density at radius 2 is 1.48 bits per heavy atom. The molecular formula is C21H42NO8P. The van der Waals surface area contributed by atoms with Gasteiger partial charge in [0.15, 0.2) is 6.10 Å². The van der Waals surface area contributed by atoms with E-state index in [4.69, 9.17) is 18.5 Å². The monoisotopic (exact) mass is 467 g/mol. The van der Waals surface area contributed by atoms with Crippen LogP contribution in [-0.4, -0.2) is 70.0 Å². The number of carbonyl (C=O) groups is 2. The first-order valence-electron chi connectivity index (χ1n) is 11.2. The molecule has 0 saturated heterocycles. The first-order valence-corrected chi connectivity index (χ1v) is 12.7. The summed E-state index contributed by atoms with van der Waals surface area (Å²) in [5.74, 6) is -0.895. The zero-order valence-electron chi connectivity index (χ0n) is 19.9. The van der Waals surface area contributed by atoms with Crippen molar-refractivity contribution >= 4 is 19.8 Å². The lowest BCUT2D eigenvalue weighted by Crippen LogP contribution is -2.37. The highest BCUT2D eigenvalue weighted by Crippen LogP contribution is 2.38. The number of carbonyl (C=O) groups excluding carboxylic acids is 2. The SMILES string of the molecule is CCCCCCCC(=O)OC(COC(=O)CCCC)COP(=O)([O-])OCC[N+](C)(C)C. The number of quaternary nitrogens is 1. The number of rotatable bonds is 19. The molecule has 184 valence electrons. The van der Waals surface area contributed by atoms with Crippen LogP contribution in [0.15, 0.2) is 0 Å². The first kappa shape index (κ1) is 30.0. The van der Waals surface area contributed by atoms with Crippen molar-refractivity contribution in [2.45, 2.75) is 77.7 Å². The summed E-state index contributed by atoms with van der Waals surface area (Å²) in [5.41, 5.74) is 0. The maximum absolute atomic E-state index is 12.1. The Balaban J connectivity index is 4.61. The molecule has 0 aliphatic carbocycles. The average Bonchev–Trinajstić information content (AvgIpc) is 2.67. The minimum absolute atomic E-state index is 0.0293. The summed E-state index contributed by atoms with van der Waals surface area (Å²) in [5, 5.41) is 0. The van der Waals surface area contributed by atoms with E-state index in [2.05, 4.69) is 6.92 Å². The molecule has 0 saturated carbocycles. The second-order valence-corrected chi connectivity index (χ2v) is 10.1. The number of hydrogen-bond donors (Lipinski definition) is 0. The third-order valence-electron chi connectivity index (χ3n) is 4.38. The van der Waals surface area contributed by atoms with Crippen molar-refractivity contribution in [3.8, 4) is 0 Å². The average molecular weight is 468 g/mol. The topological polar surface area (TPSA) is 111 Å². The molecule has 0 N–H and O–H groups in total. The summed E-state index contributed by atoms with van der Waals surface area (Å²) < 4.78 is 32.7. The van der Waals surface area contributed by atoms with Crippen LogP contribution in [-0.2, 0) is 32.7 Å². The van der Waals surface area contributed by atoms with Crippen molar-refractivity contribution in [1.82, 2.24) is 0 Å². The summed E-state index contributed by atoms with van der Waals surface area (Å²) in [6.07, 6.45) is 5.89. The van der Waals surface area contributed by atoms with Crippen LogP contribution >= 0.6 is 7.82 Å². The number of esters is 2. The smallest absolute Gasteiger partial charge is 0.306 e. The van der Waals surface area contributed by atoms with E-state index < -0.39 is 32.5 Å². The number of likely N-dealkylation sites (N-methyl/N-ethyl adjacent to an activating group) is 1. The van der Waals surface area contributed by atoms with Gasteiger partial charge in [0.2, 0.25) is 0 Å². The van der Waals surface area contributed by atoms with Crippen molar-refractivity contribution in [2.24, 2.45) is 0 Å². The molecule has 0 aromatic heterocycles. The minimum Gasteiger partial charge on any atom is -0.756 e. The lowest BCUT2D eigenvalue weighted by Gasteiger charge is -2.28. The number of phosphoric acid groups is 1. The highest BCUT2D eigenvalue weighted by atomic mass is 31.2. The molecule has 9 nitrogen and oxygen atoms in total. The summed E-state index contributed by atoms with van der Waals surface area (Å²) in [4.78, 5) is 35.9. The Morgan fingerprint density at radius 3 is 2.10 bits per heavy atom. The molecule has 0 aromatic carbocycles. The highest BCUT2D eigenvalue weighted by molar-refractivity contribution is 7.45. The molecule has 10 heteroatoms. The molecule has 0 aliphatic rings. The molecule has 0 heterocycles. The molecule has 0 bridgehead atoms. The van der Waals surface area contributed by atoms with Gasteiger partial charge in [-0.25, -0.2) is 0 Å². The van der Waals surface area contributed by atoms with Gasteiger partial charge in [-0.2, -0.15) is 0 Å². The van der Waals surface area contributed by atoms with E-state index in [1.54, 1.807) is 0 Å². The van der Waals surface area contributed by atoms with E-state index in [0.29, 0.717) is 23.9 Å². The molecule has 2 unspecified atom stereocenters. The van der Waals surface area contributed by atoms with Crippen LogP contribution in [0.4, 0.5) is 0 Å². The van der Waals surface area contributed by atoms with Crippen molar-refractivity contribution in [3.63, 3.8) is 0 Å². The van der Waals surface area contributed by atoms with Crippen LogP contribution < -0.4 is 4.89 Å². The van der Waals surface area contributed by atoms with Crippen LogP contribution in [0.1, 0.15) is 71.6 Å². The normalized spacial score (nSPS) is 14.6.